The molecule has 0 spiro atoms. The van der Waals surface area contributed by atoms with Gasteiger partial charge in [0.15, 0.2) is 0 Å². The second-order valence-electron chi connectivity index (χ2n) is 7.66. The summed E-state index contributed by atoms with van der Waals surface area (Å²) in [7, 11) is 0. The number of pyridine rings is 1. The van der Waals surface area contributed by atoms with E-state index < -0.39 is 0 Å². The molecule has 1 unspecified atom stereocenters. The molecule has 1 N–H and O–H groups in total. The number of nitrogens with one attached hydrogen (secondary N) is 1. The lowest BCUT2D eigenvalue weighted by atomic mass is 10.1. The van der Waals surface area contributed by atoms with Gasteiger partial charge in [-0.2, -0.15) is 0 Å². The van der Waals surface area contributed by atoms with Gasteiger partial charge in [0.1, 0.15) is 18.2 Å². The van der Waals surface area contributed by atoms with E-state index >= 15 is 0 Å². The van der Waals surface area contributed by atoms with Gasteiger partial charge in [-0.15, -0.1) is 0 Å². The smallest absolute Gasteiger partial charge is 0.251 e. The van der Waals surface area contributed by atoms with Crippen LogP contribution in [-0.4, -0.2) is 27.0 Å². The van der Waals surface area contributed by atoms with Gasteiger partial charge in [-0.1, -0.05) is 24.3 Å². The number of aromatic nitrogens is 3. The van der Waals surface area contributed by atoms with Crippen LogP contribution in [0.1, 0.15) is 40.3 Å². The summed E-state index contributed by atoms with van der Waals surface area (Å²) < 4.78 is 8.21. The first-order chi connectivity index (χ1) is 15.0. The van der Waals surface area contributed by atoms with Crippen molar-refractivity contribution < 1.29 is 9.53 Å². The zero-order valence-electron chi connectivity index (χ0n) is 18.0. The van der Waals surface area contributed by atoms with Crippen LogP contribution >= 0.6 is 0 Å². The van der Waals surface area contributed by atoms with Crippen molar-refractivity contribution in [1.29, 1.82) is 0 Å². The molecule has 0 aliphatic carbocycles. The van der Waals surface area contributed by atoms with E-state index in [0.29, 0.717) is 18.7 Å². The fourth-order valence-electron chi connectivity index (χ4n) is 3.62. The summed E-state index contributed by atoms with van der Waals surface area (Å²) in [5, 5.41) is 3.05. The Balaban J connectivity index is 1.55. The summed E-state index contributed by atoms with van der Waals surface area (Å²) >= 11 is 0. The number of para-hydroxylation sites is 2. The van der Waals surface area contributed by atoms with Gasteiger partial charge in [0.2, 0.25) is 0 Å². The molecule has 6 heteroatoms. The zero-order valence-corrected chi connectivity index (χ0v) is 18.0. The molecule has 2 aromatic carbocycles. The molecule has 2 aromatic heterocycles. The van der Waals surface area contributed by atoms with Crippen molar-refractivity contribution in [3.05, 3.63) is 89.5 Å². The molecule has 31 heavy (non-hydrogen) atoms. The van der Waals surface area contributed by atoms with Gasteiger partial charge in [0.25, 0.3) is 5.91 Å². The number of ether oxygens (including phenoxy) is 1. The number of hydrogen-bond acceptors (Lipinski definition) is 4. The van der Waals surface area contributed by atoms with Crippen LogP contribution in [0.3, 0.4) is 0 Å². The number of nitrogens with zero attached hydrogens (tertiary/aromatic N) is 3. The Morgan fingerprint density at radius 2 is 1.87 bits per heavy atom. The van der Waals surface area contributed by atoms with Gasteiger partial charge in [0.05, 0.1) is 23.6 Å². The molecule has 4 rings (SSSR count). The fourth-order valence-corrected chi connectivity index (χ4v) is 3.62. The van der Waals surface area contributed by atoms with E-state index in [9.17, 15) is 4.79 Å². The number of rotatable bonds is 7. The molecular weight excluding hydrogens is 388 g/mol. The third kappa shape index (κ3) is 4.58. The van der Waals surface area contributed by atoms with Crippen molar-refractivity contribution in [1.82, 2.24) is 19.9 Å². The second-order valence-corrected chi connectivity index (χ2v) is 7.66. The second kappa shape index (κ2) is 9.00. The fraction of sp³-hybridized carbons (Fsp3) is 0.240. The van der Waals surface area contributed by atoms with Gasteiger partial charge in [0, 0.05) is 18.0 Å². The van der Waals surface area contributed by atoms with Crippen molar-refractivity contribution in [2.24, 2.45) is 0 Å². The van der Waals surface area contributed by atoms with Crippen LogP contribution in [0.15, 0.2) is 67.0 Å². The Labute approximate surface area is 181 Å². The number of carbonyl (C=O) groups is 1. The number of carbonyl (C=O) groups excluding carboxylic acids is 1. The first-order valence-electron chi connectivity index (χ1n) is 10.4. The van der Waals surface area contributed by atoms with E-state index in [-0.39, 0.29) is 11.9 Å². The number of hydrogen-bond donors (Lipinski definition) is 1. The van der Waals surface area contributed by atoms with Crippen molar-refractivity contribution in [2.75, 3.05) is 6.61 Å². The normalized spacial score (nSPS) is 12.0. The van der Waals surface area contributed by atoms with Crippen LogP contribution in [-0.2, 0) is 6.54 Å². The van der Waals surface area contributed by atoms with E-state index in [2.05, 4.69) is 40.0 Å². The molecule has 158 valence electrons. The van der Waals surface area contributed by atoms with E-state index in [0.717, 1.165) is 28.2 Å². The molecule has 0 saturated heterocycles. The number of benzene rings is 2. The highest BCUT2D eigenvalue weighted by Gasteiger charge is 2.19. The summed E-state index contributed by atoms with van der Waals surface area (Å²) in [6.07, 6.45) is 3.22. The molecule has 0 saturated carbocycles. The van der Waals surface area contributed by atoms with Crippen molar-refractivity contribution >= 4 is 16.9 Å². The van der Waals surface area contributed by atoms with E-state index in [1.165, 1.54) is 5.56 Å². The topological polar surface area (TPSA) is 69.0 Å². The number of amides is 1. The van der Waals surface area contributed by atoms with Crippen LogP contribution < -0.4 is 10.1 Å². The van der Waals surface area contributed by atoms with Gasteiger partial charge >= 0.3 is 0 Å². The minimum Gasteiger partial charge on any atom is -0.491 e. The van der Waals surface area contributed by atoms with Crippen molar-refractivity contribution in [2.45, 2.75) is 33.4 Å². The quantitative estimate of drug-likeness (QED) is 0.479. The standard InChI is InChI=1S/C25H26N4O2/c1-17-8-9-18(2)23(16-17)31-15-14-29-22-7-5-4-6-21(22)28-24(29)19(3)27-25(30)20-10-12-26-13-11-20/h4-13,16,19H,14-15H2,1-3H3,(H,27,30). The summed E-state index contributed by atoms with van der Waals surface area (Å²) in [4.78, 5) is 21.4. The summed E-state index contributed by atoms with van der Waals surface area (Å²) in [6, 6.07) is 17.3. The third-order valence-electron chi connectivity index (χ3n) is 5.28. The lowest BCUT2D eigenvalue weighted by Crippen LogP contribution is -2.29. The first-order valence-corrected chi connectivity index (χ1v) is 10.4. The average molecular weight is 415 g/mol. The maximum Gasteiger partial charge on any atom is 0.251 e. The Morgan fingerprint density at radius 3 is 2.68 bits per heavy atom. The molecule has 4 aromatic rings. The molecule has 0 aliphatic heterocycles. The Morgan fingerprint density at radius 1 is 1.10 bits per heavy atom. The monoisotopic (exact) mass is 414 g/mol. The van der Waals surface area contributed by atoms with Crippen LogP contribution in [0.25, 0.3) is 11.0 Å². The maximum atomic E-state index is 12.6. The molecule has 0 fully saturated rings. The van der Waals surface area contributed by atoms with E-state index in [4.69, 9.17) is 9.72 Å². The number of aryl methyl sites for hydroxylation is 2. The molecular formula is C25H26N4O2. The van der Waals surface area contributed by atoms with E-state index in [1.54, 1.807) is 24.5 Å². The Hall–Kier alpha value is -3.67. The lowest BCUT2D eigenvalue weighted by molar-refractivity contribution is 0.0937. The highest BCUT2D eigenvalue weighted by Crippen LogP contribution is 2.23. The predicted octanol–water partition coefficient (Wildman–Crippen LogP) is 4.62. The average Bonchev–Trinajstić information content (AvgIpc) is 3.15. The van der Waals surface area contributed by atoms with Gasteiger partial charge in [-0.3, -0.25) is 9.78 Å². The van der Waals surface area contributed by atoms with E-state index in [1.807, 2.05) is 38.1 Å². The summed E-state index contributed by atoms with van der Waals surface area (Å²) in [6.45, 7) is 7.17. The SMILES string of the molecule is Cc1ccc(C)c(OCCn2c(C(C)NC(=O)c3ccncc3)nc3ccccc32)c1. The van der Waals surface area contributed by atoms with Crippen LogP contribution in [0.5, 0.6) is 5.75 Å². The maximum absolute atomic E-state index is 12.6. The molecule has 1 amide bonds. The molecule has 6 nitrogen and oxygen atoms in total. The molecule has 1 atom stereocenters. The lowest BCUT2D eigenvalue weighted by Gasteiger charge is -2.17. The minimum absolute atomic E-state index is 0.153. The summed E-state index contributed by atoms with van der Waals surface area (Å²) in [5.74, 6) is 1.54. The summed E-state index contributed by atoms with van der Waals surface area (Å²) in [5.41, 5.74) is 4.77. The highest BCUT2D eigenvalue weighted by molar-refractivity contribution is 5.94. The molecule has 0 bridgehead atoms. The first kappa shape index (κ1) is 20.6. The molecule has 0 radical (unpaired) electrons. The predicted molar refractivity (Wildman–Crippen MR) is 121 cm³/mol. The number of fused-ring (bicyclic) bond motifs is 1. The van der Waals surface area contributed by atoms with Gasteiger partial charge in [-0.05, 0) is 62.2 Å². The number of imidazole rings is 1. The van der Waals surface area contributed by atoms with Crippen molar-refractivity contribution in [3.8, 4) is 5.75 Å². The molecule has 0 aliphatic rings. The minimum atomic E-state index is -0.270. The van der Waals surface area contributed by atoms with Crippen LogP contribution in [0, 0.1) is 13.8 Å². The Bertz CT molecular complexity index is 1200. The van der Waals surface area contributed by atoms with Gasteiger partial charge < -0.3 is 14.6 Å². The largest absolute Gasteiger partial charge is 0.491 e. The van der Waals surface area contributed by atoms with Crippen molar-refractivity contribution in [3.63, 3.8) is 0 Å². The van der Waals surface area contributed by atoms with Crippen LogP contribution in [0.2, 0.25) is 0 Å². The third-order valence-corrected chi connectivity index (χ3v) is 5.28. The molecule has 2 heterocycles. The van der Waals surface area contributed by atoms with Gasteiger partial charge in [-0.25, -0.2) is 4.98 Å². The zero-order chi connectivity index (χ0) is 21.8. The highest BCUT2D eigenvalue weighted by atomic mass is 16.5. The van der Waals surface area contributed by atoms with Crippen LogP contribution in [0.4, 0.5) is 0 Å². The Kier molecular flexibility index (Phi) is 5.98.